The average Bonchev–Trinajstić information content (AvgIpc) is 2.93. The van der Waals surface area contributed by atoms with E-state index in [9.17, 15) is 24.0 Å². The molecule has 1 aliphatic rings. The number of hydrogen-bond donors (Lipinski definition) is 3. The van der Waals surface area contributed by atoms with Crippen LogP contribution in [-0.4, -0.2) is 53.4 Å². The highest BCUT2D eigenvalue weighted by Gasteiger charge is 2.51. The molecule has 0 bridgehead atoms. The number of ether oxygens (including phenoxy) is 1. The van der Waals surface area contributed by atoms with Crippen LogP contribution in [-0.2, 0) is 24.7 Å². The van der Waals surface area contributed by atoms with E-state index in [1.165, 1.54) is 6.92 Å². The molecule has 10 heteroatoms. The zero-order valence-electron chi connectivity index (χ0n) is 17.4. The van der Waals surface area contributed by atoms with E-state index < -0.39 is 48.0 Å². The number of esters is 1. The number of nitrogens with zero attached hydrogens (tertiary/aromatic N) is 1. The third kappa shape index (κ3) is 4.94. The fraction of sp³-hybridized carbons (Fsp3) is 0.450. The van der Waals surface area contributed by atoms with Gasteiger partial charge in [-0.3, -0.25) is 24.6 Å². The number of carbonyl (C=O) groups excluding carboxylic acids is 5. The van der Waals surface area contributed by atoms with E-state index in [0.717, 1.165) is 4.90 Å². The van der Waals surface area contributed by atoms with Crippen molar-refractivity contribution >= 4 is 29.8 Å². The van der Waals surface area contributed by atoms with Crippen LogP contribution in [0.15, 0.2) is 30.3 Å². The summed E-state index contributed by atoms with van der Waals surface area (Å²) in [4.78, 5) is 61.9. The molecule has 30 heavy (non-hydrogen) atoms. The molecule has 2 atom stereocenters. The van der Waals surface area contributed by atoms with Crippen molar-refractivity contribution in [1.29, 1.82) is 0 Å². The lowest BCUT2D eigenvalue weighted by Crippen LogP contribution is -2.47. The van der Waals surface area contributed by atoms with Crippen LogP contribution < -0.4 is 16.0 Å². The number of benzene rings is 1. The largest absolute Gasteiger partial charge is 0.451 e. The van der Waals surface area contributed by atoms with Gasteiger partial charge in [0.05, 0.1) is 0 Å². The van der Waals surface area contributed by atoms with Gasteiger partial charge in [0.15, 0.2) is 6.10 Å². The quantitative estimate of drug-likeness (QED) is 0.447. The van der Waals surface area contributed by atoms with Crippen LogP contribution in [0.25, 0.3) is 0 Å². The number of imide groups is 2. The number of carbonyl (C=O) groups is 5. The Morgan fingerprint density at radius 1 is 1.13 bits per heavy atom. The molecule has 6 amide bonds. The van der Waals surface area contributed by atoms with E-state index in [4.69, 9.17) is 4.74 Å². The van der Waals surface area contributed by atoms with Gasteiger partial charge in [0.2, 0.25) is 0 Å². The van der Waals surface area contributed by atoms with Crippen LogP contribution in [0.2, 0.25) is 0 Å². The predicted octanol–water partition coefficient (Wildman–Crippen LogP) is 1.01. The van der Waals surface area contributed by atoms with Crippen molar-refractivity contribution in [3.05, 3.63) is 35.9 Å². The molecule has 10 nitrogen and oxygen atoms in total. The first-order chi connectivity index (χ1) is 14.1. The fourth-order valence-electron chi connectivity index (χ4n) is 3.06. The molecule has 1 aromatic rings. The molecule has 1 fully saturated rings. The zero-order chi connectivity index (χ0) is 22.5. The van der Waals surface area contributed by atoms with Crippen molar-refractivity contribution in [3.8, 4) is 0 Å². The second kappa shape index (κ2) is 9.38. The molecule has 2 rings (SSSR count). The van der Waals surface area contributed by atoms with Crippen LogP contribution in [0.5, 0.6) is 0 Å². The maximum absolute atomic E-state index is 13.0. The van der Waals surface area contributed by atoms with Crippen molar-refractivity contribution < 1.29 is 28.7 Å². The smallest absolute Gasteiger partial charge is 0.327 e. The van der Waals surface area contributed by atoms with Gasteiger partial charge in [-0.15, -0.1) is 0 Å². The Balaban J connectivity index is 2.01. The van der Waals surface area contributed by atoms with Crippen LogP contribution in [0.3, 0.4) is 0 Å². The molecule has 2 unspecified atom stereocenters. The molecule has 162 valence electrons. The molecule has 0 aromatic heterocycles. The van der Waals surface area contributed by atoms with Gasteiger partial charge in [-0.05, 0) is 32.8 Å². The third-order valence-corrected chi connectivity index (χ3v) is 4.59. The Hall–Kier alpha value is -3.43. The number of amides is 6. The van der Waals surface area contributed by atoms with Gasteiger partial charge in [0, 0.05) is 6.04 Å². The molecule has 1 aliphatic heterocycles. The topological polar surface area (TPSA) is 134 Å². The second-order valence-corrected chi connectivity index (χ2v) is 7.20. The van der Waals surface area contributed by atoms with E-state index >= 15 is 0 Å². The van der Waals surface area contributed by atoms with E-state index in [2.05, 4.69) is 10.6 Å². The Kier molecular flexibility index (Phi) is 7.14. The summed E-state index contributed by atoms with van der Waals surface area (Å²) in [6.45, 7) is 5.81. The van der Waals surface area contributed by atoms with Crippen molar-refractivity contribution in [2.45, 2.75) is 51.8 Å². The second-order valence-electron chi connectivity index (χ2n) is 7.20. The van der Waals surface area contributed by atoms with Crippen LogP contribution in [0, 0.1) is 0 Å². The van der Waals surface area contributed by atoms with E-state index in [1.54, 1.807) is 51.1 Å². The SMILES string of the molecule is CCC1(c2ccccc2)NC(=O)N(CC(=O)OC(C)C(=O)NC(=O)NC(C)C)C1=O. The van der Waals surface area contributed by atoms with Gasteiger partial charge in [-0.25, -0.2) is 9.59 Å². The average molecular weight is 418 g/mol. The molecule has 0 aliphatic carbocycles. The van der Waals surface area contributed by atoms with E-state index in [0.29, 0.717) is 5.56 Å². The summed E-state index contributed by atoms with van der Waals surface area (Å²) in [5.74, 6) is -2.36. The highest BCUT2D eigenvalue weighted by atomic mass is 16.5. The van der Waals surface area contributed by atoms with Crippen molar-refractivity contribution in [3.63, 3.8) is 0 Å². The molecule has 0 spiro atoms. The highest BCUT2D eigenvalue weighted by molar-refractivity contribution is 6.09. The summed E-state index contributed by atoms with van der Waals surface area (Å²) in [7, 11) is 0. The fourth-order valence-corrected chi connectivity index (χ4v) is 3.06. The lowest BCUT2D eigenvalue weighted by molar-refractivity contribution is -0.156. The van der Waals surface area contributed by atoms with Gasteiger partial charge in [-0.1, -0.05) is 37.3 Å². The standard InChI is InChI=1S/C20H26N4O6/c1-5-20(14-9-7-6-8-10-14)17(27)24(19(29)23-20)11-15(25)30-13(4)16(26)22-18(28)21-12(2)3/h6-10,12-13H,5,11H2,1-4H3,(H,23,29)(H2,21,22,26,28). The van der Waals surface area contributed by atoms with Gasteiger partial charge in [0.25, 0.3) is 11.8 Å². The molecule has 1 heterocycles. The molecule has 3 N–H and O–H groups in total. The summed E-state index contributed by atoms with van der Waals surface area (Å²) in [5, 5.41) is 7.17. The minimum absolute atomic E-state index is 0.182. The highest BCUT2D eigenvalue weighted by Crippen LogP contribution is 2.32. The molecule has 1 aromatic carbocycles. The van der Waals surface area contributed by atoms with Gasteiger partial charge in [0.1, 0.15) is 12.1 Å². The Morgan fingerprint density at radius 2 is 1.77 bits per heavy atom. The maximum Gasteiger partial charge on any atom is 0.327 e. The number of rotatable bonds is 7. The van der Waals surface area contributed by atoms with Crippen LogP contribution in [0.4, 0.5) is 9.59 Å². The van der Waals surface area contributed by atoms with Crippen LogP contribution >= 0.6 is 0 Å². The molecular weight excluding hydrogens is 392 g/mol. The number of nitrogens with one attached hydrogen (secondary N) is 3. The molecule has 0 radical (unpaired) electrons. The van der Waals surface area contributed by atoms with Crippen LogP contribution in [0.1, 0.15) is 39.7 Å². The summed E-state index contributed by atoms with van der Waals surface area (Å²) in [6.07, 6.45) is -1.00. The molecular formula is C20H26N4O6. The zero-order valence-corrected chi connectivity index (χ0v) is 17.4. The summed E-state index contributed by atoms with van der Waals surface area (Å²) >= 11 is 0. The Bertz CT molecular complexity index is 841. The number of urea groups is 2. The third-order valence-electron chi connectivity index (χ3n) is 4.59. The van der Waals surface area contributed by atoms with Crippen molar-refractivity contribution in [1.82, 2.24) is 20.9 Å². The summed E-state index contributed by atoms with van der Waals surface area (Å²) in [5.41, 5.74) is -0.665. The lowest BCUT2D eigenvalue weighted by Gasteiger charge is -2.25. The van der Waals surface area contributed by atoms with Gasteiger partial charge in [-0.2, -0.15) is 0 Å². The normalized spacial score (nSPS) is 19.3. The molecule has 1 saturated heterocycles. The first kappa shape index (κ1) is 22.9. The monoisotopic (exact) mass is 418 g/mol. The first-order valence-corrected chi connectivity index (χ1v) is 9.61. The van der Waals surface area contributed by atoms with Crippen molar-refractivity contribution in [2.24, 2.45) is 0 Å². The summed E-state index contributed by atoms with van der Waals surface area (Å²) in [6, 6.07) is 7.10. The number of hydrogen-bond acceptors (Lipinski definition) is 6. The summed E-state index contributed by atoms with van der Waals surface area (Å²) < 4.78 is 4.98. The van der Waals surface area contributed by atoms with Gasteiger partial charge < -0.3 is 15.4 Å². The van der Waals surface area contributed by atoms with Crippen molar-refractivity contribution in [2.75, 3.05) is 6.54 Å². The minimum atomic E-state index is -1.29. The van der Waals surface area contributed by atoms with E-state index in [1.807, 2.05) is 5.32 Å². The lowest BCUT2D eigenvalue weighted by atomic mass is 9.87. The van der Waals surface area contributed by atoms with E-state index in [-0.39, 0.29) is 12.5 Å². The Labute approximate surface area is 174 Å². The minimum Gasteiger partial charge on any atom is -0.451 e. The van der Waals surface area contributed by atoms with Gasteiger partial charge >= 0.3 is 18.0 Å². The molecule has 0 saturated carbocycles. The predicted molar refractivity (Wildman–Crippen MR) is 106 cm³/mol. The maximum atomic E-state index is 13.0. The first-order valence-electron chi connectivity index (χ1n) is 9.61. The Morgan fingerprint density at radius 3 is 2.33 bits per heavy atom.